The van der Waals surface area contributed by atoms with Crippen molar-refractivity contribution >= 4 is 168 Å². The summed E-state index contributed by atoms with van der Waals surface area (Å²) in [5.74, 6) is 1.94. The van der Waals surface area contributed by atoms with Gasteiger partial charge in [-0.2, -0.15) is 0 Å². The van der Waals surface area contributed by atoms with E-state index in [1.807, 2.05) is 24.3 Å². The summed E-state index contributed by atoms with van der Waals surface area (Å²) in [5.41, 5.74) is 25.9. The number of nitrogens with zero attached hydrogens (tertiary/aromatic N) is 3. The second kappa shape index (κ2) is 15.3. The van der Waals surface area contributed by atoms with Gasteiger partial charge < -0.3 is 4.42 Å². The Kier molecular flexibility index (Phi) is 10.1. The van der Waals surface area contributed by atoms with Gasteiger partial charge in [-0.3, -0.25) is 0 Å². The van der Waals surface area contributed by atoms with Gasteiger partial charge in [-0.05, 0) is 33.4 Å². The van der Waals surface area contributed by atoms with Crippen LogP contribution in [0.25, 0.3) is 89.5 Å². The van der Waals surface area contributed by atoms with Crippen LogP contribution in [0.2, 0.25) is 0 Å². The molecular weight excluding hydrogens is 717 g/mol. The molecule has 7 aromatic carbocycles. The van der Waals surface area contributed by atoms with Gasteiger partial charge in [0, 0.05) is 27.5 Å². The van der Waals surface area contributed by atoms with Gasteiger partial charge >= 0.3 is 0 Å². The first-order valence-corrected chi connectivity index (χ1v) is 21.0. The molecule has 9 rings (SSSR count). The van der Waals surface area contributed by atoms with Gasteiger partial charge in [-0.15, -0.1) is 16.4 Å². The maximum atomic E-state index is 6.96. The zero-order valence-electron chi connectivity index (χ0n) is 36.6. The van der Waals surface area contributed by atoms with E-state index in [9.17, 15) is 0 Å². The molecule has 0 aliphatic rings. The van der Waals surface area contributed by atoms with Crippen LogP contribution >= 0.6 is 0 Å². The summed E-state index contributed by atoms with van der Waals surface area (Å²) in [7, 11) is 24.7. The molecule has 2 aromatic heterocycles. The number of furan rings is 1. The summed E-state index contributed by atoms with van der Waals surface area (Å²) in [6.45, 7) is 0. The normalized spacial score (nSPS) is 11.4. The summed E-state index contributed by atoms with van der Waals surface area (Å²) in [5, 5.41) is 2.30. The predicted molar refractivity (Wildman–Crippen MR) is 290 cm³/mol. The van der Waals surface area contributed by atoms with Crippen LogP contribution < -0.4 is 60.1 Å². The van der Waals surface area contributed by atoms with E-state index in [1.165, 1.54) is 71.3 Å². The average molecular weight is 758 g/mol. The van der Waals surface area contributed by atoms with Crippen LogP contribution in [0.5, 0.6) is 0 Å². The lowest BCUT2D eigenvalue weighted by molar-refractivity contribution is 0.675. The number of hydrogen-bond donors (Lipinski definition) is 0. The molecule has 0 amide bonds. The molecule has 60 heavy (non-hydrogen) atoms. The van der Waals surface area contributed by atoms with Crippen LogP contribution in [0.1, 0.15) is 0 Å². The van der Waals surface area contributed by atoms with Crippen molar-refractivity contribution in [2.75, 3.05) is 0 Å². The molecule has 0 fully saturated rings. The Balaban J connectivity index is 1.23. The SMILES string of the molecule is Bc1c(B)c(B)c(-c2c(B)c(B)c3oc4c(B)c(B)c(-c5nc(-c6ccccc6)nc(-c6ccc(-c7ccc(-c8ccccc8)cc7)cc6)n5)c(B)c4c3c2B)c(B)c1B. The van der Waals surface area contributed by atoms with Crippen LogP contribution in [0.4, 0.5) is 0 Å². The van der Waals surface area contributed by atoms with Crippen molar-refractivity contribution in [3.63, 3.8) is 0 Å². The molecule has 4 nitrogen and oxygen atoms in total. The van der Waals surface area contributed by atoms with Gasteiger partial charge in [0.2, 0.25) is 0 Å². The van der Waals surface area contributed by atoms with E-state index in [2.05, 4.69) is 171 Å². The van der Waals surface area contributed by atoms with Crippen LogP contribution in [0.3, 0.4) is 0 Å². The van der Waals surface area contributed by atoms with Gasteiger partial charge in [-0.25, -0.2) is 15.0 Å². The van der Waals surface area contributed by atoms with E-state index in [0.29, 0.717) is 17.5 Å². The number of aromatic nitrogens is 3. The Bertz CT molecular complexity index is 3170. The highest BCUT2D eigenvalue weighted by Crippen LogP contribution is 2.31. The number of fused-ring (bicyclic) bond motifs is 3. The van der Waals surface area contributed by atoms with Crippen LogP contribution in [-0.2, 0) is 0 Å². The minimum absolute atomic E-state index is 0.638. The van der Waals surface area contributed by atoms with Crippen molar-refractivity contribution in [2.45, 2.75) is 0 Å². The molecule has 0 atom stereocenters. The Hall–Kier alpha value is -5.94. The first-order valence-electron chi connectivity index (χ1n) is 21.0. The summed E-state index contributed by atoms with van der Waals surface area (Å²) < 4.78 is 6.96. The third kappa shape index (κ3) is 6.36. The highest BCUT2D eigenvalue weighted by atomic mass is 16.3. The fourth-order valence-corrected chi connectivity index (χ4v) is 9.42. The van der Waals surface area contributed by atoms with Gasteiger partial charge in [-0.1, -0.05) is 153 Å². The fourth-order valence-electron chi connectivity index (χ4n) is 9.42. The number of rotatable bonds is 6. The van der Waals surface area contributed by atoms with E-state index in [1.54, 1.807) is 0 Å². The second-order valence-electron chi connectivity index (χ2n) is 16.7. The van der Waals surface area contributed by atoms with Gasteiger partial charge in [0.15, 0.2) is 17.5 Å². The Morgan fingerprint density at radius 3 is 1.03 bits per heavy atom. The zero-order valence-corrected chi connectivity index (χ0v) is 36.6. The van der Waals surface area contributed by atoms with Crippen molar-refractivity contribution in [2.24, 2.45) is 0 Å². The molecular formula is C45H40B11N3O. The molecule has 15 heteroatoms. The fraction of sp³-hybridized carbons (Fsp3) is 0. The largest absolute Gasteiger partial charge is 0.457 e. The Labute approximate surface area is 362 Å². The number of benzene rings is 7. The van der Waals surface area contributed by atoms with E-state index in [0.717, 1.165) is 60.8 Å². The molecule has 0 saturated carbocycles. The number of hydrogen-bond acceptors (Lipinski definition) is 4. The van der Waals surface area contributed by atoms with Crippen molar-refractivity contribution in [1.82, 2.24) is 15.0 Å². The lowest BCUT2D eigenvalue weighted by atomic mass is 9.57. The zero-order chi connectivity index (χ0) is 42.1. The summed E-state index contributed by atoms with van der Waals surface area (Å²) >= 11 is 0. The molecule has 9 aromatic rings. The Morgan fingerprint density at radius 1 is 0.267 bits per heavy atom. The van der Waals surface area contributed by atoms with Crippen molar-refractivity contribution in [3.05, 3.63) is 109 Å². The molecule has 2 heterocycles. The highest BCUT2D eigenvalue weighted by molar-refractivity contribution is 6.71. The standard InChI is InChI=1S/C45H40B11N3O/c46-30-25(26-32(48)36(52)38(54)37(53)33(26)49)34(50)39(55)41-27(30)28-31(47)29(35(51)40(56)42(28)60-41)45-58-43(23-9-5-2-6-10-23)57-44(59-45)24-17-15-22(16-18-24)21-13-11-20(12-14-21)19-7-3-1-4-8-19/h1-18H,46-56H2. The van der Waals surface area contributed by atoms with Crippen molar-refractivity contribution in [3.8, 4) is 67.5 Å². The smallest absolute Gasteiger partial charge is 0.164 e. The monoisotopic (exact) mass is 759 g/mol. The third-order valence-electron chi connectivity index (χ3n) is 13.6. The van der Waals surface area contributed by atoms with Crippen LogP contribution in [0.15, 0.2) is 114 Å². The maximum Gasteiger partial charge on any atom is 0.164 e. The van der Waals surface area contributed by atoms with Crippen molar-refractivity contribution in [1.29, 1.82) is 0 Å². The van der Waals surface area contributed by atoms with Crippen LogP contribution in [0, 0.1) is 0 Å². The van der Waals surface area contributed by atoms with E-state index >= 15 is 0 Å². The summed E-state index contributed by atoms with van der Waals surface area (Å²) in [6, 6.07) is 38.0. The molecule has 0 bridgehead atoms. The topological polar surface area (TPSA) is 51.8 Å². The lowest BCUT2D eigenvalue weighted by Gasteiger charge is -2.25. The molecule has 0 saturated heterocycles. The molecule has 0 aliphatic carbocycles. The molecule has 0 spiro atoms. The lowest BCUT2D eigenvalue weighted by Crippen LogP contribution is -2.56. The quantitative estimate of drug-likeness (QED) is 0.159. The van der Waals surface area contributed by atoms with E-state index in [-0.39, 0.29) is 0 Å². The first kappa shape index (κ1) is 39.5. The molecule has 0 radical (unpaired) electrons. The van der Waals surface area contributed by atoms with Gasteiger partial charge in [0.25, 0.3) is 0 Å². The average Bonchev–Trinajstić information content (AvgIpc) is 3.70. The summed E-state index contributed by atoms with van der Waals surface area (Å²) in [4.78, 5) is 15.7. The third-order valence-corrected chi connectivity index (χ3v) is 13.6. The van der Waals surface area contributed by atoms with Crippen molar-refractivity contribution < 1.29 is 4.42 Å². The molecule has 274 valence electrons. The highest BCUT2D eigenvalue weighted by Gasteiger charge is 2.26. The minimum Gasteiger partial charge on any atom is -0.457 e. The maximum absolute atomic E-state index is 6.96. The molecule has 0 N–H and O–H groups in total. The van der Waals surface area contributed by atoms with Gasteiger partial charge in [0.1, 0.15) is 97.5 Å². The summed E-state index contributed by atoms with van der Waals surface area (Å²) in [6.07, 6.45) is 0. The predicted octanol–water partition coefficient (Wildman–Crippen LogP) is -7.38. The first-order chi connectivity index (χ1) is 28.8. The van der Waals surface area contributed by atoms with E-state index in [4.69, 9.17) is 19.4 Å². The van der Waals surface area contributed by atoms with Crippen LogP contribution in [-0.4, -0.2) is 101 Å². The minimum atomic E-state index is 0.638. The molecule has 0 unspecified atom stereocenters. The van der Waals surface area contributed by atoms with Gasteiger partial charge in [0.05, 0.1) is 0 Å². The van der Waals surface area contributed by atoms with E-state index < -0.39 is 0 Å². The molecule has 0 aliphatic heterocycles. The second-order valence-corrected chi connectivity index (χ2v) is 16.7. The Morgan fingerprint density at radius 2 is 0.567 bits per heavy atom.